The number of halogens is 1. The zero-order valence-corrected chi connectivity index (χ0v) is 13.5. The van der Waals surface area contributed by atoms with E-state index in [-0.39, 0.29) is 10.6 Å². The SMILES string of the molecule is O=C(O)c1cc(N=Cc2ccn(C3CCCCC3)c2)ccc1Cl. The summed E-state index contributed by atoms with van der Waals surface area (Å²) >= 11 is 5.86. The van der Waals surface area contributed by atoms with Gasteiger partial charge in [0.25, 0.3) is 0 Å². The molecule has 1 saturated carbocycles. The maximum Gasteiger partial charge on any atom is 0.337 e. The molecule has 2 aromatic rings. The summed E-state index contributed by atoms with van der Waals surface area (Å²) in [5.74, 6) is -1.05. The molecule has 3 rings (SSSR count). The number of hydrogen-bond donors (Lipinski definition) is 1. The number of nitrogens with zero attached hydrogens (tertiary/aromatic N) is 2. The number of hydrogen-bond acceptors (Lipinski definition) is 2. The molecule has 4 nitrogen and oxygen atoms in total. The average molecular weight is 331 g/mol. The standard InChI is InChI=1S/C18H19ClN2O2/c19-17-7-6-14(10-16(17)18(22)23)20-11-13-8-9-21(12-13)15-4-2-1-3-5-15/h6-12,15H,1-5H2,(H,22,23). The molecule has 0 bridgehead atoms. The first-order valence-electron chi connectivity index (χ1n) is 7.88. The predicted molar refractivity (Wildman–Crippen MR) is 92.2 cm³/mol. The molecule has 1 heterocycles. The van der Waals surface area contributed by atoms with Crippen molar-refractivity contribution in [3.8, 4) is 0 Å². The molecule has 5 heteroatoms. The van der Waals surface area contributed by atoms with Crippen LogP contribution in [0.4, 0.5) is 5.69 Å². The van der Waals surface area contributed by atoms with E-state index in [1.807, 2.05) is 6.07 Å². The van der Waals surface area contributed by atoms with Crippen LogP contribution in [0.5, 0.6) is 0 Å². The highest BCUT2D eigenvalue weighted by atomic mass is 35.5. The molecule has 120 valence electrons. The second-order valence-corrected chi connectivity index (χ2v) is 6.32. The number of carboxylic acid groups (broad SMARTS) is 1. The largest absolute Gasteiger partial charge is 0.478 e. The second kappa shape index (κ2) is 7.01. The first-order valence-corrected chi connectivity index (χ1v) is 8.25. The van der Waals surface area contributed by atoms with Gasteiger partial charge in [-0.1, -0.05) is 30.9 Å². The van der Waals surface area contributed by atoms with Crippen molar-refractivity contribution < 1.29 is 9.90 Å². The predicted octanol–water partition coefficient (Wildman–Crippen LogP) is 5.10. The van der Waals surface area contributed by atoms with E-state index in [4.69, 9.17) is 16.7 Å². The van der Waals surface area contributed by atoms with E-state index >= 15 is 0 Å². The number of aromatic carboxylic acids is 1. The normalized spacial score (nSPS) is 16.0. The Balaban J connectivity index is 1.74. The molecule has 1 aliphatic carbocycles. The number of carboxylic acids is 1. The molecule has 1 N–H and O–H groups in total. The van der Waals surface area contributed by atoms with Gasteiger partial charge in [-0.05, 0) is 37.1 Å². The highest BCUT2D eigenvalue weighted by Crippen LogP contribution is 2.28. The number of benzene rings is 1. The molecular weight excluding hydrogens is 312 g/mol. The van der Waals surface area contributed by atoms with Gasteiger partial charge in [0.05, 0.1) is 16.3 Å². The van der Waals surface area contributed by atoms with E-state index in [1.54, 1.807) is 18.3 Å². The fourth-order valence-electron chi connectivity index (χ4n) is 3.02. The third-order valence-corrected chi connectivity index (χ3v) is 4.61. The van der Waals surface area contributed by atoms with Crippen molar-refractivity contribution in [2.75, 3.05) is 0 Å². The molecule has 0 amide bonds. The van der Waals surface area contributed by atoms with E-state index in [0.717, 1.165) is 5.56 Å². The molecule has 0 saturated heterocycles. The Kier molecular flexibility index (Phi) is 4.82. The molecule has 1 aromatic carbocycles. The van der Waals surface area contributed by atoms with Crippen LogP contribution >= 0.6 is 11.6 Å². The molecule has 0 spiro atoms. The Hall–Kier alpha value is -2.07. The van der Waals surface area contributed by atoms with Gasteiger partial charge in [0.15, 0.2) is 0 Å². The van der Waals surface area contributed by atoms with Crippen molar-refractivity contribution in [1.29, 1.82) is 0 Å². The second-order valence-electron chi connectivity index (χ2n) is 5.91. The highest BCUT2D eigenvalue weighted by molar-refractivity contribution is 6.33. The molecule has 0 radical (unpaired) electrons. The van der Waals surface area contributed by atoms with Gasteiger partial charge in [0.2, 0.25) is 0 Å². The van der Waals surface area contributed by atoms with Crippen LogP contribution in [0.3, 0.4) is 0 Å². The van der Waals surface area contributed by atoms with Gasteiger partial charge in [0.1, 0.15) is 0 Å². The maximum atomic E-state index is 11.1. The van der Waals surface area contributed by atoms with Crippen molar-refractivity contribution in [3.63, 3.8) is 0 Å². The van der Waals surface area contributed by atoms with Gasteiger partial charge < -0.3 is 9.67 Å². The summed E-state index contributed by atoms with van der Waals surface area (Å²) in [6, 6.07) is 7.39. The minimum atomic E-state index is -1.05. The van der Waals surface area contributed by atoms with Gasteiger partial charge in [0, 0.05) is 30.2 Å². The molecule has 23 heavy (non-hydrogen) atoms. The quantitative estimate of drug-likeness (QED) is 0.793. The monoisotopic (exact) mass is 330 g/mol. The summed E-state index contributed by atoms with van der Waals surface area (Å²) in [4.78, 5) is 15.4. The average Bonchev–Trinajstić information content (AvgIpc) is 3.03. The van der Waals surface area contributed by atoms with E-state index < -0.39 is 5.97 Å². The summed E-state index contributed by atoms with van der Waals surface area (Å²) in [6.07, 6.45) is 12.4. The zero-order chi connectivity index (χ0) is 16.2. The molecule has 0 unspecified atom stereocenters. The Morgan fingerprint density at radius 1 is 1.26 bits per heavy atom. The van der Waals surface area contributed by atoms with Crippen LogP contribution in [-0.2, 0) is 0 Å². The lowest BCUT2D eigenvalue weighted by Gasteiger charge is -2.23. The van der Waals surface area contributed by atoms with Crippen molar-refractivity contribution in [2.45, 2.75) is 38.1 Å². The zero-order valence-electron chi connectivity index (χ0n) is 12.8. The van der Waals surface area contributed by atoms with E-state index in [2.05, 4.69) is 22.0 Å². The fourth-order valence-corrected chi connectivity index (χ4v) is 3.22. The lowest BCUT2D eigenvalue weighted by Crippen LogP contribution is -2.10. The molecule has 0 atom stereocenters. The lowest BCUT2D eigenvalue weighted by atomic mass is 9.95. The topological polar surface area (TPSA) is 54.6 Å². The minimum absolute atomic E-state index is 0.0705. The Morgan fingerprint density at radius 3 is 2.78 bits per heavy atom. The number of aromatic nitrogens is 1. The van der Waals surface area contributed by atoms with Gasteiger partial charge in [-0.2, -0.15) is 0 Å². The number of aliphatic imine (C=N–C) groups is 1. The smallest absolute Gasteiger partial charge is 0.337 e. The van der Waals surface area contributed by atoms with Gasteiger partial charge >= 0.3 is 5.97 Å². The van der Waals surface area contributed by atoms with Crippen LogP contribution in [0.25, 0.3) is 0 Å². The number of rotatable bonds is 4. The first-order chi connectivity index (χ1) is 11.1. The molecular formula is C18H19ClN2O2. The van der Waals surface area contributed by atoms with E-state index in [0.29, 0.717) is 11.7 Å². The summed E-state index contributed by atoms with van der Waals surface area (Å²) in [6.45, 7) is 0. The lowest BCUT2D eigenvalue weighted by molar-refractivity contribution is 0.0697. The van der Waals surface area contributed by atoms with Crippen LogP contribution in [0.1, 0.15) is 54.1 Å². The van der Waals surface area contributed by atoms with Crippen molar-refractivity contribution in [3.05, 3.63) is 52.8 Å². The van der Waals surface area contributed by atoms with Crippen molar-refractivity contribution in [2.24, 2.45) is 4.99 Å². The van der Waals surface area contributed by atoms with Gasteiger partial charge in [-0.3, -0.25) is 4.99 Å². The molecule has 1 fully saturated rings. The van der Waals surface area contributed by atoms with Crippen LogP contribution in [0.15, 0.2) is 41.7 Å². The van der Waals surface area contributed by atoms with Crippen LogP contribution in [-0.4, -0.2) is 21.9 Å². The Labute approximate surface area is 140 Å². The highest BCUT2D eigenvalue weighted by Gasteiger charge is 2.14. The minimum Gasteiger partial charge on any atom is -0.478 e. The van der Waals surface area contributed by atoms with Gasteiger partial charge in [-0.25, -0.2) is 4.79 Å². The first kappa shape index (κ1) is 15.8. The van der Waals surface area contributed by atoms with Crippen LogP contribution in [0, 0.1) is 0 Å². The summed E-state index contributed by atoms with van der Waals surface area (Å²) in [5, 5.41) is 9.31. The number of carbonyl (C=O) groups is 1. The third-order valence-electron chi connectivity index (χ3n) is 4.28. The summed E-state index contributed by atoms with van der Waals surface area (Å²) in [7, 11) is 0. The van der Waals surface area contributed by atoms with Crippen LogP contribution < -0.4 is 0 Å². The fraction of sp³-hybridized carbons (Fsp3) is 0.333. The molecule has 1 aromatic heterocycles. The molecule has 1 aliphatic rings. The Bertz CT molecular complexity index is 730. The summed E-state index contributed by atoms with van der Waals surface area (Å²) in [5.41, 5.74) is 1.67. The van der Waals surface area contributed by atoms with Crippen LogP contribution in [0.2, 0.25) is 5.02 Å². The van der Waals surface area contributed by atoms with E-state index in [9.17, 15) is 4.79 Å². The van der Waals surface area contributed by atoms with Crippen molar-refractivity contribution in [1.82, 2.24) is 4.57 Å². The van der Waals surface area contributed by atoms with Gasteiger partial charge in [-0.15, -0.1) is 0 Å². The molecule has 0 aliphatic heterocycles. The third kappa shape index (κ3) is 3.82. The Morgan fingerprint density at radius 2 is 2.04 bits per heavy atom. The summed E-state index contributed by atoms with van der Waals surface area (Å²) < 4.78 is 2.27. The van der Waals surface area contributed by atoms with Crippen molar-refractivity contribution >= 4 is 29.5 Å². The maximum absolute atomic E-state index is 11.1. The van der Waals surface area contributed by atoms with E-state index in [1.165, 1.54) is 38.2 Å².